The van der Waals surface area contributed by atoms with Crippen LogP contribution in [0.1, 0.15) is 39.5 Å². The maximum absolute atomic E-state index is 13.9. The van der Waals surface area contributed by atoms with Gasteiger partial charge in [-0.3, -0.25) is 0 Å². The van der Waals surface area contributed by atoms with Gasteiger partial charge in [0.05, 0.1) is 11.1 Å². The third-order valence-electron chi connectivity index (χ3n) is 3.16. The predicted molar refractivity (Wildman–Crippen MR) is 77.1 cm³/mol. The molecule has 1 heterocycles. The van der Waals surface area contributed by atoms with E-state index in [1.54, 1.807) is 12.1 Å². The monoisotopic (exact) mass is 283 g/mol. The minimum Gasteiger partial charge on any atom is -0.456 e. The Bertz CT molecular complexity index is 586. The second-order valence-corrected chi connectivity index (χ2v) is 6.19. The van der Waals surface area contributed by atoms with Crippen molar-refractivity contribution in [3.63, 3.8) is 0 Å². The number of hydrogen-bond donors (Lipinski definition) is 1. The molecule has 0 bridgehead atoms. The molecule has 1 unspecified atom stereocenters. The molecular weight excluding hydrogens is 265 g/mol. The van der Waals surface area contributed by atoms with E-state index in [2.05, 4.69) is 26.1 Å². The Morgan fingerprint density at radius 3 is 2.63 bits per heavy atom. The first-order valence-electron chi connectivity index (χ1n) is 6.45. The van der Waals surface area contributed by atoms with Crippen molar-refractivity contribution in [3.05, 3.63) is 34.8 Å². The van der Waals surface area contributed by atoms with Crippen molar-refractivity contribution < 1.29 is 8.81 Å². The molecule has 1 aromatic heterocycles. The second kappa shape index (κ2) is 5.14. The van der Waals surface area contributed by atoms with Crippen molar-refractivity contribution in [1.29, 1.82) is 0 Å². The van der Waals surface area contributed by atoms with Crippen LogP contribution in [0, 0.1) is 11.2 Å². The zero-order valence-corrected chi connectivity index (χ0v) is 12.4. The van der Waals surface area contributed by atoms with Crippen LogP contribution in [-0.2, 0) is 0 Å². The lowest BCUT2D eigenvalue weighted by Crippen LogP contribution is -2.31. The molecule has 2 nitrogen and oxygen atoms in total. The topological polar surface area (TPSA) is 25.2 Å². The summed E-state index contributed by atoms with van der Waals surface area (Å²) in [5.74, 6) is 0.250. The number of halogens is 2. The third kappa shape index (κ3) is 2.77. The summed E-state index contributed by atoms with van der Waals surface area (Å²) in [6, 6.07) is 5.24. The SMILES string of the molecule is CCNC(c1cc2ccc(Cl)c(F)c2o1)C(C)(C)C. The van der Waals surface area contributed by atoms with Gasteiger partial charge in [0, 0.05) is 5.39 Å². The standard InChI is InChI=1S/C15H19ClFNO/c1-5-18-14(15(2,3)4)11-8-9-6-7-10(16)12(17)13(9)19-11/h6-8,14,18H,5H2,1-4H3. The van der Waals surface area contributed by atoms with Crippen molar-refractivity contribution in [2.75, 3.05) is 6.54 Å². The Morgan fingerprint density at radius 1 is 1.37 bits per heavy atom. The van der Waals surface area contributed by atoms with Gasteiger partial charge in [-0.05, 0) is 30.2 Å². The average molecular weight is 284 g/mol. The Kier molecular flexibility index (Phi) is 3.88. The number of hydrogen-bond acceptors (Lipinski definition) is 2. The Hall–Kier alpha value is -1.06. The van der Waals surface area contributed by atoms with E-state index in [0.717, 1.165) is 17.7 Å². The van der Waals surface area contributed by atoms with E-state index in [1.807, 2.05) is 13.0 Å². The van der Waals surface area contributed by atoms with Gasteiger partial charge < -0.3 is 9.73 Å². The Morgan fingerprint density at radius 2 is 2.05 bits per heavy atom. The van der Waals surface area contributed by atoms with Crippen LogP contribution in [0.3, 0.4) is 0 Å². The Labute approximate surface area is 117 Å². The minimum absolute atomic E-state index is 0.0237. The van der Waals surface area contributed by atoms with E-state index in [0.29, 0.717) is 0 Å². The van der Waals surface area contributed by atoms with Crippen LogP contribution >= 0.6 is 11.6 Å². The summed E-state index contributed by atoms with van der Waals surface area (Å²) >= 11 is 5.78. The van der Waals surface area contributed by atoms with Crippen molar-refractivity contribution >= 4 is 22.6 Å². The van der Waals surface area contributed by atoms with Crippen molar-refractivity contribution in [2.45, 2.75) is 33.7 Å². The predicted octanol–water partition coefficient (Wildman–Crippen LogP) is 4.92. The van der Waals surface area contributed by atoms with Crippen molar-refractivity contribution in [1.82, 2.24) is 5.32 Å². The lowest BCUT2D eigenvalue weighted by molar-refractivity contribution is 0.244. The highest BCUT2D eigenvalue weighted by atomic mass is 35.5. The molecule has 0 aliphatic heterocycles. The summed E-state index contributed by atoms with van der Waals surface area (Å²) in [5, 5.41) is 4.21. The van der Waals surface area contributed by atoms with E-state index >= 15 is 0 Å². The van der Waals surface area contributed by atoms with Gasteiger partial charge in [-0.15, -0.1) is 0 Å². The van der Waals surface area contributed by atoms with Gasteiger partial charge in [0.15, 0.2) is 11.4 Å². The highest BCUT2D eigenvalue weighted by Crippen LogP contribution is 2.37. The first-order chi connectivity index (χ1) is 8.84. The fraction of sp³-hybridized carbons (Fsp3) is 0.467. The van der Waals surface area contributed by atoms with E-state index in [-0.39, 0.29) is 22.1 Å². The average Bonchev–Trinajstić information content (AvgIpc) is 2.73. The largest absolute Gasteiger partial charge is 0.456 e. The normalized spacial score (nSPS) is 14.0. The van der Waals surface area contributed by atoms with Crippen LogP contribution in [0.4, 0.5) is 4.39 Å². The van der Waals surface area contributed by atoms with Gasteiger partial charge >= 0.3 is 0 Å². The van der Waals surface area contributed by atoms with Crippen molar-refractivity contribution in [3.8, 4) is 0 Å². The zero-order valence-electron chi connectivity index (χ0n) is 11.7. The van der Waals surface area contributed by atoms with E-state index in [1.165, 1.54) is 0 Å². The summed E-state index contributed by atoms with van der Waals surface area (Å²) in [5.41, 5.74) is 0.208. The van der Waals surface area contributed by atoms with E-state index < -0.39 is 5.82 Å². The molecule has 104 valence electrons. The maximum Gasteiger partial charge on any atom is 0.184 e. The molecule has 0 saturated carbocycles. The molecule has 2 rings (SSSR count). The quantitative estimate of drug-likeness (QED) is 0.865. The molecule has 19 heavy (non-hydrogen) atoms. The van der Waals surface area contributed by atoms with Gasteiger partial charge in [-0.1, -0.05) is 39.3 Å². The molecule has 0 amide bonds. The molecule has 0 saturated heterocycles. The second-order valence-electron chi connectivity index (χ2n) is 5.79. The smallest absolute Gasteiger partial charge is 0.184 e. The van der Waals surface area contributed by atoms with Gasteiger partial charge in [-0.2, -0.15) is 0 Å². The number of furan rings is 1. The van der Waals surface area contributed by atoms with Crippen LogP contribution in [0.15, 0.2) is 22.6 Å². The third-order valence-corrected chi connectivity index (χ3v) is 3.45. The molecule has 1 N–H and O–H groups in total. The fourth-order valence-corrected chi connectivity index (χ4v) is 2.39. The molecule has 4 heteroatoms. The maximum atomic E-state index is 13.9. The zero-order chi connectivity index (χ0) is 14.2. The first-order valence-corrected chi connectivity index (χ1v) is 6.83. The van der Waals surface area contributed by atoms with Crippen LogP contribution < -0.4 is 5.32 Å². The van der Waals surface area contributed by atoms with Crippen molar-refractivity contribution in [2.24, 2.45) is 5.41 Å². The first kappa shape index (κ1) is 14.4. The van der Waals surface area contributed by atoms with Gasteiger partial charge in [0.2, 0.25) is 0 Å². The molecular formula is C15H19ClFNO. The molecule has 0 spiro atoms. The number of rotatable bonds is 3. The number of nitrogens with one attached hydrogen (secondary N) is 1. The molecule has 0 aliphatic carbocycles. The summed E-state index contributed by atoms with van der Waals surface area (Å²) in [7, 11) is 0. The van der Waals surface area contributed by atoms with Gasteiger partial charge in [-0.25, -0.2) is 4.39 Å². The van der Waals surface area contributed by atoms with Crippen LogP contribution in [0.25, 0.3) is 11.0 Å². The molecule has 2 aromatic rings. The lowest BCUT2D eigenvalue weighted by atomic mass is 9.85. The van der Waals surface area contributed by atoms with E-state index in [4.69, 9.17) is 16.0 Å². The lowest BCUT2D eigenvalue weighted by Gasteiger charge is -2.29. The highest BCUT2D eigenvalue weighted by Gasteiger charge is 2.29. The van der Waals surface area contributed by atoms with Crippen LogP contribution in [-0.4, -0.2) is 6.54 Å². The molecule has 0 fully saturated rings. The summed E-state index contributed by atoms with van der Waals surface area (Å²) in [6.07, 6.45) is 0. The van der Waals surface area contributed by atoms with Crippen LogP contribution in [0.2, 0.25) is 5.02 Å². The minimum atomic E-state index is -0.491. The van der Waals surface area contributed by atoms with Crippen LogP contribution in [0.5, 0.6) is 0 Å². The Balaban J connectivity index is 2.53. The molecule has 1 aromatic carbocycles. The van der Waals surface area contributed by atoms with Gasteiger partial charge in [0.25, 0.3) is 0 Å². The number of benzene rings is 1. The highest BCUT2D eigenvalue weighted by molar-refractivity contribution is 6.31. The molecule has 1 atom stereocenters. The summed E-state index contributed by atoms with van der Waals surface area (Å²) in [4.78, 5) is 0. The fourth-order valence-electron chi connectivity index (χ4n) is 2.24. The molecule has 0 aliphatic rings. The molecule has 0 radical (unpaired) electrons. The van der Waals surface area contributed by atoms with Gasteiger partial charge in [0.1, 0.15) is 5.76 Å². The number of fused-ring (bicyclic) bond motifs is 1. The summed E-state index contributed by atoms with van der Waals surface area (Å²) < 4.78 is 19.6. The van der Waals surface area contributed by atoms with E-state index in [9.17, 15) is 4.39 Å². The summed E-state index contributed by atoms with van der Waals surface area (Å²) in [6.45, 7) is 9.23.